The molecule has 5 aromatic rings. The van der Waals surface area contributed by atoms with Crippen molar-refractivity contribution < 1.29 is 18.7 Å². The van der Waals surface area contributed by atoms with Crippen molar-refractivity contribution in [1.29, 1.82) is 0 Å². The van der Waals surface area contributed by atoms with Crippen molar-refractivity contribution in [1.82, 2.24) is 19.0 Å². The molecule has 0 spiro atoms. The maximum atomic E-state index is 15.4. The van der Waals surface area contributed by atoms with Crippen molar-refractivity contribution in [2.45, 2.75) is 32.0 Å². The summed E-state index contributed by atoms with van der Waals surface area (Å²) in [4.78, 5) is 33.7. The third-order valence-electron chi connectivity index (χ3n) is 8.34. The summed E-state index contributed by atoms with van der Waals surface area (Å²) in [6.45, 7) is 3.73. The molecule has 3 aromatic carbocycles. The van der Waals surface area contributed by atoms with E-state index in [1.165, 1.54) is 24.4 Å². The van der Waals surface area contributed by atoms with Gasteiger partial charge < -0.3 is 19.1 Å². The molecule has 7 rings (SSSR count). The van der Waals surface area contributed by atoms with E-state index in [0.717, 1.165) is 35.3 Å². The molecule has 1 saturated heterocycles. The van der Waals surface area contributed by atoms with Gasteiger partial charge in [-0.2, -0.15) is 0 Å². The van der Waals surface area contributed by atoms with Crippen LogP contribution in [0, 0.1) is 11.6 Å². The number of rotatable bonds is 7. The molecule has 1 saturated carbocycles. The van der Waals surface area contributed by atoms with Gasteiger partial charge >= 0.3 is 5.97 Å². The number of benzene rings is 3. The number of carbonyl (C=O) groups is 1. The first-order valence-electron chi connectivity index (χ1n) is 14.1. The number of hydrogen-bond donors (Lipinski definition) is 1. The van der Waals surface area contributed by atoms with Gasteiger partial charge in [-0.15, -0.1) is 0 Å². The first-order valence-corrected chi connectivity index (χ1v) is 14.1. The average Bonchev–Trinajstić information content (AvgIpc) is 3.78. The van der Waals surface area contributed by atoms with Crippen LogP contribution in [0.2, 0.25) is 0 Å². The molecule has 0 atom stereocenters. The molecular weight excluding hydrogens is 540 g/mol. The van der Waals surface area contributed by atoms with Crippen molar-refractivity contribution in [3.05, 3.63) is 106 Å². The second kappa shape index (κ2) is 10.4. The molecular formula is C32H29F2N5O3. The van der Waals surface area contributed by atoms with Crippen LogP contribution in [0.3, 0.4) is 0 Å². The zero-order chi connectivity index (χ0) is 29.0. The van der Waals surface area contributed by atoms with E-state index in [1.54, 1.807) is 18.2 Å². The van der Waals surface area contributed by atoms with Crippen molar-refractivity contribution in [2.24, 2.45) is 0 Å². The number of fused-ring (bicyclic) bond motifs is 2. The molecule has 0 bridgehead atoms. The van der Waals surface area contributed by atoms with Crippen LogP contribution < -0.4 is 10.3 Å². The first kappa shape index (κ1) is 26.3. The highest BCUT2D eigenvalue weighted by Gasteiger charge is 2.29. The Morgan fingerprint density at radius 3 is 2.38 bits per heavy atom. The number of para-hydroxylation sites is 2. The summed E-state index contributed by atoms with van der Waals surface area (Å²) >= 11 is 0. The molecule has 214 valence electrons. The minimum atomic E-state index is -1.30. The van der Waals surface area contributed by atoms with Gasteiger partial charge in [0, 0.05) is 50.3 Å². The lowest BCUT2D eigenvalue weighted by molar-refractivity contribution is 0.0695. The lowest BCUT2D eigenvalue weighted by Gasteiger charge is -2.36. The molecule has 0 unspecified atom stereocenters. The Balaban J connectivity index is 1.13. The summed E-state index contributed by atoms with van der Waals surface area (Å²) in [6, 6.07) is 17.5. The molecule has 0 amide bonds. The largest absolute Gasteiger partial charge is 0.477 e. The van der Waals surface area contributed by atoms with Crippen LogP contribution in [0.15, 0.2) is 71.7 Å². The summed E-state index contributed by atoms with van der Waals surface area (Å²) in [6.07, 6.45) is 3.20. The summed E-state index contributed by atoms with van der Waals surface area (Å²) in [5, 5.41) is 9.61. The van der Waals surface area contributed by atoms with Gasteiger partial charge in [0.2, 0.25) is 5.43 Å². The highest BCUT2D eigenvalue weighted by molar-refractivity contribution is 5.93. The Labute approximate surface area is 240 Å². The quantitative estimate of drug-likeness (QED) is 0.296. The second-order valence-electron chi connectivity index (χ2n) is 11.1. The van der Waals surface area contributed by atoms with E-state index in [2.05, 4.69) is 9.47 Å². The Kier molecular flexibility index (Phi) is 6.50. The van der Waals surface area contributed by atoms with E-state index in [0.29, 0.717) is 50.5 Å². The predicted molar refractivity (Wildman–Crippen MR) is 156 cm³/mol. The average molecular weight is 570 g/mol. The fraction of sp³-hybridized carbons (Fsp3) is 0.281. The Morgan fingerprint density at radius 1 is 0.929 bits per heavy atom. The van der Waals surface area contributed by atoms with Crippen LogP contribution >= 0.6 is 0 Å². The maximum Gasteiger partial charge on any atom is 0.341 e. The highest BCUT2D eigenvalue weighted by Crippen LogP contribution is 2.38. The number of imidazole rings is 1. The van der Waals surface area contributed by atoms with E-state index in [4.69, 9.17) is 4.98 Å². The number of aromatic nitrogens is 3. The van der Waals surface area contributed by atoms with Gasteiger partial charge in [-0.25, -0.2) is 18.6 Å². The van der Waals surface area contributed by atoms with E-state index in [-0.39, 0.29) is 22.8 Å². The maximum absolute atomic E-state index is 15.4. The summed E-state index contributed by atoms with van der Waals surface area (Å²) < 4.78 is 32.9. The van der Waals surface area contributed by atoms with Gasteiger partial charge in [-0.05, 0) is 54.8 Å². The normalized spacial score (nSPS) is 16.0. The third kappa shape index (κ3) is 4.81. The van der Waals surface area contributed by atoms with Gasteiger partial charge in [0.25, 0.3) is 0 Å². The van der Waals surface area contributed by atoms with Crippen LogP contribution in [0.25, 0.3) is 21.9 Å². The molecule has 8 nitrogen and oxygen atoms in total. The minimum Gasteiger partial charge on any atom is -0.477 e. The zero-order valence-corrected chi connectivity index (χ0v) is 22.8. The smallest absolute Gasteiger partial charge is 0.341 e. The molecule has 3 heterocycles. The number of carboxylic acids is 1. The van der Waals surface area contributed by atoms with E-state index >= 15 is 4.39 Å². The lowest BCUT2D eigenvalue weighted by atomic mass is 10.1. The van der Waals surface area contributed by atoms with Gasteiger partial charge in [-0.3, -0.25) is 9.69 Å². The number of aromatic carboxylic acids is 1. The molecule has 2 aliphatic rings. The van der Waals surface area contributed by atoms with Crippen molar-refractivity contribution in [2.75, 3.05) is 31.1 Å². The Morgan fingerprint density at radius 2 is 1.67 bits per heavy atom. The molecule has 42 heavy (non-hydrogen) atoms. The fourth-order valence-electron chi connectivity index (χ4n) is 5.95. The molecule has 2 aromatic heterocycles. The molecule has 1 aliphatic heterocycles. The number of anilines is 1. The zero-order valence-electron chi connectivity index (χ0n) is 22.8. The van der Waals surface area contributed by atoms with E-state index in [1.807, 2.05) is 33.7 Å². The SMILES string of the molecule is O=C(O)c1cn(C2CC2)c2cc(N3CCN(Cc4nc5ccccc5n4Cc4ccc(F)cc4)CC3)c(F)cc2c1=O. The number of nitrogens with zero attached hydrogens (tertiary/aromatic N) is 5. The van der Waals surface area contributed by atoms with Crippen LogP contribution in [0.5, 0.6) is 0 Å². The molecule has 1 N–H and O–H groups in total. The van der Waals surface area contributed by atoms with Crippen LogP contribution in [0.1, 0.15) is 40.6 Å². The standard InChI is InChI=1S/C32H29F2N5O3/c33-21-7-5-20(6-8-21)17-39-27-4-2-1-3-26(27)35-30(39)19-36-11-13-37(14-12-36)29-16-28-23(15-25(29)34)31(40)24(32(41)42)18-38(28)22-9-10-22/h1-8,15-16,18,22H,9-14,17,19H2,(H,41,42). The molecule has 1 aliphatic carbocycles. The first-order chi connectivity index (χ1) is 20.4. The predicted octanol–water partition coefficient (Wildman–Crippen LogP) is 5.03. The molecule has 2 fully saturated rings. The van der Waals surface area contributed by atoms with Gasteiger partial charge in [-0.1, -0.05) is 24.3 Å². The second-order valence-corrected chi connectivity index (χ2v) is 11.1. The van der Waals surface area contributed by atoms with Crippen LogP contribution in [0.4, 0.5) is 14.5 Å². The fourth-order valence-corrected chi connectivity index (χ4v) is 5.95. The number of carboxylic acid groups (broad SMARTS) is 1. The van der Waals surface area contributed by atoms with Crippen LogP contribution in [-0.4, -0.2) is 56.3 Å². The van der Waals surface area contributed by atoms with E-state index < -0.39 is 17.2 Å². The summed E-state index contributed by atoms with van der Waals surface area (Å²) in [5.41, 5.74) is 2.90. The summed E-state index contributed by atoms with van der Waals surface area (Å²) in [5.74, 6) is -1.19. The van der Waals surface area contributed by atoms with Gasteiger partial charge in [0.15, 0.2) is 0 Å². The molecule has 0 radical (unpaired) electrons. The van der Waals surface area contributed by atoms with Gasteiger partial charge in [0.1, 0.15) is 23.0 Å². The highest BCUT2D eigenvalue weighted by atomic mass is 19.1. The summed E-state index contributed by atoms with van der Waals surface area (Å²) in [7, 11) is 0. The Bertz CT molecular complexity index is 1890. The lowest BCUT2D eigenvalue weighted by Crippen LogP contribution is -2.46. The number of piperazine rings is 1. The monoisotopic (exact) mass is 569 g/mol. The van der Waals surface area contributed by atoms with Gasteiger partial charge in [0.05, 0.1) is 28.8 Å². The van der Waals surface area contributed by atoms with E-state index in [9.17, 15) is 19.1 Å². The number of pyridine rings is 1. The topological polar surface area (TPSA) is 83.6 Å². The van der Waals surface area contributed by atoms with Crippen LogP contribution in [-0.2, 0) is 13.1 Å². The number of halogens is 2. The third-order valence-corrected chi connectivity index (χ3v) is 8.34. The van der Waals surface area contributed by atoms with Crippen molar-refractivity contribution in [3.63, 3.8) is 0 Å². The Hall–Kier alpha value is -4.57. The molecule has 10 heteroatoms. The van der Waals surface area contributed by atoms with Crippen molar-refractivity contribution >= 4 is 33.6 Å². The minimum absolute atomic E-state index is 0.0988. The number of hydrogen-bond acceptors (Lipinski definition) is 5. The van der Waals surface area contributed by atoms with Crippen molar-refractivity contribution in [3.8, 4) is 0 Å².